The Bertz CT molecular complexity index is 732. The molecule has 0 bridgehead atoms. The molecule has 122 valence electrons. The van der Waals surface area contributed by atoms with Crippen molar-refractivity contribution < 1.29 is 14.3 Å². The van der Waals surface area contributed by atoms with E-state index < -0.39 is 0 Å². The zero-order chi connectivity index (χ0) is 16.6. The third-order valence-electron chi connectivity index (χ3n) is 4.15. The monoisotopic (exact) mass is 395 g/mol. The number of dihydropyridines is 1. The van der Waals surface area contributed by atoms with Gasteiger partial charge in [0, 0.05) is 28.3 Å². The lowest BCUT2D eigenvalue weighted by Crippen LogP contribution is -2.34. The molecule has 2 aliphatic rings. The molecule has 23 heavy (non-hydrogen) atoms. The number of hydrogen-bond acceptors (Lipinski definition) is 5. The molecule has 0 saturated heterocycles. The van der Waals surface area contributed by atoms with Crippen molar-refractivity contribution in [1.29, 1.82) is 0 Å². The summed E-state index contributed by atoms with van der Waals surface area (Å²) in [5, 5.41) is 3.28. The molecule has 0 radical (unpaired) electrons. The van der Waals surface area contributed by atoms with Crippen LogP contribution in [0.3, 0.4) is 0 Å². The highest BCUT2D eigenvalue weighted by atomic mass is 79.9. The Hall–Kier alpha value is -1.40. The quantitative estimate of drug-likeness (QED) is 0.784. The lowest BCUT2D eigenvalue weighted by Gasteiger charge is -2.33. The summed E-state index contributed by atoms with van der Waals surface area (Å²) >= 11 is 5.03. The predicted molar refractivity (Wildman–Crippen MR) is 93.1 cm³/mol. The summed E-state index contributed by atoms with van der Waals surface area (Å²) in [6.07, 6.45) is 2.24. The van der Waals surface area contributed by atoms with E-state index in [9.17, 15) is 9.59 Å². The molecule has 1 atom stereocenters. The van der Waals surface area contributed by atoms with Crippen molar-refractivity contribution in [3.63, 3.8) is 0 Å². The summed E-state index contributed by atoms with van der Waals surface area (Å²) in [6.45, 7) is 3.98. The number of ketones is 1. The molecule has 0 aromatic carbocycles. The van der Waals surface area contributed by atoms with Gasteiger partial charge in [-0.2, -0.15) is 0 Å². The first-order chi connectivity index (χ1) is 11.0. The van der Waals surface area contributed by atoms with Crippen LogP contribution in [0.5, 0.6) is 0 Å². The van der Waals surface area contributed by atoms with Crippen LogP contribution in [-0.4, -0.2) is 18.4 Å². The Morgan fingerprint density at radius 3 is 2.87 bits per heavy atom. The number of rotatable bonds is 3. The molecule has 1 aliphatic heterocycles. The van der Waals surface area contributed by atoms with Gasteiger partial charge in [-0.25, -0.2) is 4.79 Å². The summed E-state index contributed by atoms with van der Waals surface area (Å²) in [7, 11) is 0. The largest absolute Gasteiger partial charge is 0.463 e. The van der Waals surface area contributed by atoms with Crippen molar-refractivity contribution in [3.8, 4) is 0 Å². The molecule has 6 heteroatoms. The van der Waals surface area contributed by atoms with Crippen LogP contribution in [0.15, 0.2) is 38.5 Å². The number of carbonyl (C=O) groups excluding carboxylic acids is 2. The fourth-order valence-electron chi connectivity index (χ4n) is 3.23. The molecule has 0 unspecified atom stereocenters. The number of nitrogens with one attached hydrogen (secondary N) is 1. The Balaban J connectivity index is 2.14. The Morgan fingerprint density at radius 1 is 1.43 bits per heavy atom. The zero-order valence-electron chi connectivity index (χ0n) is 13.1. The van der Waals surface area contributed by atoms with Crippen LogP contribution in [0.4, 0.5) is 0 Å². The SMILES string of the molecule is CCOC(=O)C1=C(C)NC2=C(C(=O)CCC2)[C@@H]1c1ccc(Br)s1. The average Bonchev–Trinajstić information content (AvgIpc) is 2.92. The van der Waals surface area contributed by atoms with Gasteiger partial charge in [0.15, 0.2) is 5.78 Å². The van der Waals surface area contributed by atoms with E-state index in [1.54, 1.807) is 18.3 Å². The van der Waals surface area contributed by atoms with Gasteiger partial charge in [0.25, 0.3) is 0 Å². The van der Waals surface area contributed by atoms with Crippen LogP contribution in [-0.2, 0) is 14.3 Å². The van der Waals surface area contributed by atoms with Crippen LogP contribution >= 0.6 is 27.3 Å². The molecule has 1 N–H and O–H groups in total. The van der Waals surface area contributed by atoms with E-state index in [1.165, 1.54) is 0 Å². The number of carbonyl (C=O) groups is 2. The van der Waals surface area contributed by atoms with Crippen molar-refractivity contribution in [2.75, 3.05) is 6.61 Å². The predicted octanol–water partition coefficient (Wildman–Crippen LogP) is 4.04. The summed E-state index contributed by atoms with van der Waals surface area (Å²) < 4.78 is 6.23. The minimum atomic E-state index is -0.350. The van der Waals surface area contributed by atoms with Crippen molar-refractivity contribution in [1.82, 2.24) is 5.32 Å². The Labute approximate surface area is 147 Å². The molecule has 0 fully saturated rings. The van der Waals surface area contributed by atoms with Crippen molar-refractivity contribution >= 4 is 39.0 Å². The Morgan fingerprint density at radius 2 is 2.22 bits per heavy atom. The van der Waals surface area contributed by atoms with Crippen molar-refractivity contribution in [2.45, 2.75) is 39.0 Å². The summed E-state index contributed by atoms with van der Waals surface area (Å²) in [6, 6.07) is 3.93. The Kier molecular flexibility index (Phi) is 4.73. The van der Waals surface area contributed by atoms with E-state index in [0.717, 1.165) is 38.5 Å². The van der Waals surface area contributed by atoms with E-state index in [1.807, 2.05) is 19.1 Å². The lowest BCUT2D eigenvalue weighted by molar-refractivity contribution is -0.138. The van der Waals surface area contributed by atoms with Gasteiger partial charge in [-0.15, -0.1) is 11.3 Å². The number of ether oxygens (including phenoxy) is 1. The first kappa shape index (κ1) is 16.5. The third-order valence-corrected chi connectivity index (χ3v) is 5.84. The summed E-state index contributed by atoms with van der Waals surface area (Å²) in [5.74, 6) is -0.547. The van der Waals surface area contributed by atoms with Crippen LogP contribution < -0.4 is 5.32 Å². The average molecular weight is 396 g/mol. The van der Waals surface area contributed by atoms with Gasteiger partial charge in [-0.3, -0.25) is 4.79 Å². The zero-order valence-corrected chi connectivity index (χ0v) is 15.5. The van der Waals surface area contributed by atoms with Crippen molar-refractivity contribution in [3.05, 3.63) is 43.3 Å². The molecule has 3 rings (SSSR count). The third kappa shape index (κ3) is 3.02. The second-order valence-electron chi connectivity index (χ2n) is 5.63. The summed E-state index contributed by atoms with van der Waals surface area (Å²) in [4.78, 5) is 26.1. The topological polar surface area (TPSA) is 55.4 Å². The van der Waals surface area contributed by atoms with Gasteiger partial charge in [-0.1, -0.05) is 0 Å². The van der Waals surface area contributed by atoms with Gasteiger partial charge in [0.1, 0.15) is 0 Å². The highest BCUT2D eigenvalue weighted by molar-refractivity contribution is 9.11. The number of thiophene rings is 1. The number of halogens is 1. The van der Waals surface area contributed by atoms with Crippen LogP contribution in [0.1, 0.15) is 43.9 Å². The maximum Gasteiger partial charge on any atom is 0.336 e. The van der Waals surface area contributed by atoms with Gasteiger partial charge in [-0.05, 0) is 54.8 Å². The van der Waals surface area contributed by atoms with Crippen molar-refractivity contribution in [2.24, 2.45) is 0 Å². The van der Waals surface area contributed by atoms with E-state index >= 15 is 0 Å². The van der Waals surface area contributed by atoms with E-state index in [4.69, 9.17) is 4.74 Å². The molecule has 1 aliphatic carbocycles. The van der Waals surface area contributed by atoms with Gasteiger partial charge in [0.05, 0.1) is 21.9 Å². The maximum atomic E-state index is 12.6. The lowest BCUT2D eigenvalue weighted by atomic mass is 9.78. The van der Waals surface area contributed by atoms with Crippen LogP contribution in [0.2, 0.25) is 0 Å². The minimum Gasteiger partial charge on any atom is -0.463 e. The van der Waals surface area contributed by atoms with Crippen LogP contribution in [0.25, 0.3) is 0 Å². The second-order valence-corrected chi connectivity index (χ2v) is 8.12. The molecule has 4 nitrogen and oxygen atoms in total. The first-order valence-corrected chi connectivity index (χ1v) is 9.30. The fraction of sp³-hybridized carbons (Fsp3) is 0.412. The first-order valence-electron chi connectivity index (χ1n) is 7.69. The van der Waals surface area contributed by atoms with Gasteiger partial charge < -0.3 is 10.1 Å². The maximum absolute atomic E-state index is 12.6. The molecule has 0 saturated carbocycles. The highest BCUT2D eigenvalue weighted by Crippen LogP contribution is 2.45. The van der Waals surface area contributed by atoms with Gasteiger partial charge in [0.2, 0.25) is 0 Å². The standard InChI is InChI=1S/C17H18BrNO3S/c1-3-22-17(21)14-9(2)19-10-5-4-6-11(20)15(10)16(14)12-7-8-13(18)23-12/h7-8,16,19H,3-6H2,1-2H3/t16-/m1/s1. The van der Waals surface area contributed by atoms with Crippen LogP contribution in [0, 0.1) is 0 Å². The molecule has 0 amide bonds. The van der Waals surface area contributed by atoms with E-state index in [2.05, 4.69) is 21.2 Å². The highest BCUT2D eigenvalue weighted by Gasteiger charge is 2.39. The van der Waals surface area contributed by atoms with E-state index in [0.29, 0.717) is 18.6 Å². The molecule has 1 aromatic heterocycles. The molecule has 0 spiro atoms. The fourth-order valence-corrected chi connectivity index (χ4v) is 4.77. The second kappa shape index (κ2) is 6.61. The van der Waals surface area contributed by atoms with E-state index in [-0.39, 0.29) is 17.7 Å². The smallest absolute Gasteiger partial charge is 0.336 e. The van der Waals surface area contributed by atoms with Gasteiger partial charge >= 0.3 is 5.97 Å². The number of hydrogen-bond donors (Lipinski definition) is 1. The number of Topliss-reactive ketones (excluding diaryl/α,β-unsaturated/α-hetero) is 1. The summed E-state index contributed by atoms with van der Waals surface area (Å²) in [5.41, 5.74) is 3.03. The normalized spacial score (nSPS) is 21.2. The molecule has 1 aromatic rings. The number of esters is 1. The minimum absolute atomic E-state index is 0.127. The molecule has 2 heterocycles. The molecular formula is C17H18BrNO3S. The molecular weight excluding hydrogens is 378 g/mol. The number of allylic oxidation sites excluding steroid dienone is 3.